The van der Waals surface area contributed by atoms with Crippen LogP contribution in [0.2, 0.25) is 5.02 Å². The molecule has 0 fully saturated rings. The van der Waals surface area contributed by atoms with Crippen LogP contribution in [-0.4, -0.2) is 11.8 Å². The van der Waals surface area contributed by atoms with Gasteiger partial charge in [0.15, 0.2) is 0 Å². The molecule has 1 rings (SSSR count). The summed E-state index contributed by atoms with van der Waals surface area (Å²) in [6.45, 7) is 2.25. The van der Waals surface area contributed by atoms with Gasteiger partial charge in [0, 0.05) is 16.7 Å². The van der Waals surface area contributed by atoms with Crippen molar-refractivity contribution in [3.05, 3.63) is 29.3 Å². The summed E-state index contributed by atoms with van der Waals surface area (Å²) in [7, 11) is 0. The van der Waals surface area contributed by atoms with Gasteiger partial charge < -0.3 is 0 Å². The zero-order chi connectivity index (χ0) is 14.6. The number of nitrogens with two attached hydrogens (primary N) is 1. The van der Waals surface area contributed by atoms with Crippen molar-refractivity contribution >= 4 is 23.4 Å². The number of benzene rings is 1. The summed E-state index contributed by atoms with van der Waals surface area (Å²) in [5.74, 6) is 6.61. The molecule has 20 heavy (non-hydrogen) atoms. The average molecular weight is 315 g/mol. The van der Waals surface area contributed by atoms with Crippen molar-refractivity contribution in [2.75, 3.05) is 5.75 Å². The Morgan fingerprint density at radius 2 is 1.85 bits per heavy atom. The second-order valence-electron chi connectivity index (χ2n) is 5.16. The van der Waals surface area contributed by atoms with Crippen LogP contribution in [0.5, 0.6) is 0 Å². The van der Waals surface area contributed by atoms with Gasteiger partial charge in [0.05, 0.1) is 5.02 Å². The van der Waals surface area contributed by atoms with Crippen LogP contribution in [0, 0.1) is 0 Å². The van der Waals surface area contributed by atoms with Crippen molar-refractivity contribution in [3.8, 4) is 0 Å². The minimum Gasteiger partial charge on any atom is -0.271 e. The van der Waals surface area contributed by atoms with Gasteiger partial charge in [-0.3, -0.25) is 11.3 Å². The molecule has 1 atom stereocenters. The molecule has 1 unspecified atom stereocenters. The molecule has 0 bridgehead atoms. The number of hydrogen-bond donors (Lipinski definition) is 2. The monoisotopic (exact) mass is 314 g/mol. The summed E-state index contributed by atoms with van der Waals surface area (Å²) >= 11 is 7.93. The molecule has 4 heteroatoms. The third-order valence-corrected chi connectivity index (χ3v) is 5.10. The first kappa shape index (κ1) is 17.8. The molecule has 0 aromatic heterocycles. The molecular formula is C16H27ClN2S. The molecular weight excluding hydrogens is 288 g/mol. The maximum Gasteiger partial charge on any atom is 0.0541 e. The van der Waals surface area contributed by atoms with Gasteiger partial charge in [0.1, 0.15) is 0 Å². The van der Waals surface area contributed by atoms with Gasteiger partial charge >= 0.3 is 0 Å². The van der Waals surface area contributed by atoms with E-state index in [2.05, 4.69) is 18.4 Å². The molecule has 3 N–H and O–H groups in total. The Labute approximate surface area is 132 Å². The molecule has 0 spiro atoms. The van der Waals surface area contributed by atoms with Crippen LogP contribution in [0.25, 0.3) is 0 Å². The summed E-state index contributed by atoms with van der Waals surface area (Å²) in [5.41, 5.74) is 2.93. The van der Waals surface area contributed by atoms with Crippen molar-refractivity contribution in [2.45, 2.75) is 62.8 Å². The molecule has 1 aromatic carbocycles. The first-order valence-corrected chi connectivity index (χ1v) is 8.97. The Balaban J connectivity index is 2.18. The zero-order valence-corrected chi connectivity index (χ0v) is 14.0. The van der Waals surface area contributed by atoms with Crippen LogP contribution >= 0.6 is 23.4 Å². The van der Waals surface area contributed by atoms with E-state index in [0.717, 1.165) is 22.1 Å². The molecule has 0 aliphatic heterocycles. The first-order chi connectivity index (χ1) is 9.77. The predicted molar refractivity (Wildman–Crippen MR) is 91.3 cm³/mol. The standard InChI is InChI=1S/C16H27ClN2S/c1-2-3-4-5-6-7-10-14(19-18)13-20-16-12-9-8-11-15(16)17/h8-9,11-12,14,19H,2-7,10,13,18H2,1H3. The molecule has 1 aromatic rings. The van der Waals surface area contributed by atoms with Crippen LogP contribution in [0.4, 0.5) is 0 Å². The molecule has 0 heterocycles. The normalized spacial score (nSPS) is 12.6. The van der Waals surface area contributed by atoms with Gasteiger partial charge in [-0.05, 0) is 18.6 Å². The Morgan fingerprint density at radius 3 is 2.55 bits per heavy atom. The molecule has 0 amide bonds. The van der Waals surface area contributed by atoms with Crippen molar-refractivity contribution in [3.63, 3.8) is 0 Å². The molecule has 0 saturated heterocycles. The Hall–Kier alpha value is -0.220. The maximum atomic E-state index is 6.15. The molecule has 0 aliphatic carbocycles. The Bertz CT molecular complexity index is 360. The fraction of sp³-hybridized carbons (Fsp3) is 0.625. The lowest BCUT2D eigenvalue weighted by Gasteiger charge is -2.15. The lowest BCUT2D eigenvalue weighted by Crippen LogP contribution is -2.36. The van der Waals surface area contributed by atoms with Crippen molar-refractivity contribution in [1.82, 2.24) is 5.43 Å². The lowest BCUT2D eigenvalue weighted by molar-refractivity contribution is 0.494. The molecule has 2 nitrogen and oxygen atoms in total. The van der Waals surface area contributed by atoms with Gasteiger partial charge in [-0.25, -0.2) is 0 Å². The topological polar surface area (TPSA) is 38.0 Å². The summed E-state index contributed by atoms with van der Waals surface area (Å²) in [6.07, 6.45) is 9.09. The third kappa shape index (κ3) is 7.53. The van der Waals surface area contributed by atoms with Crippen LogP contribution in [0.1, 0.15) is 51.9 Å². The minimum atomic E-state index is 0.363. The van der Waals surface area contributed by atoms with Crippen molar-refractivity contribution in [2.24, 2.45) is 5.84 Å². The van der Waals surface area contributed by atoms with Gasteiger partial charge in [-0.1, -0.05) is 69.2 Å². The van der Waals surface area contributed by atoms with Gasteiger partial charge in [0.2, 0.25) is 0 Å². The quantitative estimate of drug-likeness (QED) is 0.261. The van der Waals surface area contributed by atoms with Gasteiger partial charge in [-0.2, -0.15) is 0 Å². The zero-order valence-electron chi connectivity index (χ0n) is 12.4. The summed E-state index contributed by atoms with van der Waals surface area (Å²) in [4.78, 5) is 1.14. The van der Waals surface area contributed by atoms with Crippen LogP contribution < -0.4 is 11.3 Å². The predicted octanol–water partition coefficient (Wildman–Crippen LogP) is 5.01. The average Bonchev–Trinajstić information content (AvgIpc) is 2.47. The molecule has 0 radical (unpaired) electrons. The number of halogens is 1. The fourth-order valence-corrected chi connectivity index (χ4v) is 3.46. The van der Waals surface area contributed by atoms with Crippen LogP contribution in [-0.2, 0) is 0 Å². The molecule has 0 saturated carbocycles. The lowest BCUT2D eigenvalue weighted by atomic mass is 10.1. The molecule has 0 aliphatic rings. The van der Waals surface area contributed by atoms with Crippen molar-refractivity contribution in [1.29, 1.82) is 0 Å². The first-order valence-electron chi connectivity index (χ1n) is 7.61. The van der Waals surface area contributed by atoms with E-state index in [-0.39, 0.29) is 0 Å². The van der Waals surface area contributed by atoms with Crippen LogP contribution in [0.15, 0.2) is 29.2 Å². The highest BCUT2D eigenvalue weighted by atomic mass is 35.5. The van der Waals surface area contributed by atoms with Crippen molar-refractivity contribution < 1.29 is 0 Å². The molecule has 114 valence electrons. The third-order valence-electron chi connectivity index (χ3n) is 3.42. The summed E-state index contributed by atoms with van der Waals surface area (Å²) < 4.78 is 0. The number of nitrogens with one attached hydrogen (secondary N) is 1. The number of rotatable bonds is 11. The smallest absolute Gasteiger partial charge is 0.0541 e. The van der Waals surface area contributed by atoms with E-state index in [9.17, 15) is 0 Å². The second kappa shape index (κ2) is 11.4. The Morgan fingerprint density at radius 1 is 1.15 bits per heavy atom. The highest BCUT2D eigenvalue weighted by Gasteiger charge is 2.08. The fourth-order valence-electron chi connectivity index (χ4n) is 2.14. The van der Waals surface area contributed by atoms with E-state index in [1.807, 2.05) is 18.2 Å². The number of thioether (sulfide) groups is 1. The van der Waals surface area contributed by atoms with E-state index in [0.29, 0.717) is 6.04 Å². The van der Waals surface area contributed by atoms with E-state index in [1.165, 1.54) is 38.5 Å². The summed E-state index contributed by atoms with van der Waals surface area (Å²) in [6, 6.07) is 8.34. The highest BCUT2D eigenvalue weighted by Crippen LogP contribution is 2.27. The van der Waals surface area contributed by atoms with E-state index in [1.54, 1.807) is 11.8 Å². The van der Waals surface area contributed by atoms with E-state index >= 15 is 0 Å². The maximum absolute atomic E-state index is 6.15. The number of hydrazine groups is 1. The van der Waals surface area contributed by atoms with Gasteiger partial charge in [0.25, 0.3) is 0 Å². The number of hydrogen-bond acceptors (Lipinski definition) is 3. The highest BCUT2D eigenvalue weighted by molar-refractivity contribution is 7.99. The Kier molecular flexibility index (Phi) is 10.2. The minimum absolute atomic E-state index is 0.363. The van der Waals surface area contributed by atoms with E-state index in [4.69, 9.17) is 17.4 Å². The van der Waals surface area contributed by atoms with E-state index < -0.39 is 0 Å². The second-order valence-corrected chi connectivity index (χ2v) is 6.63. The van der Waals surface area contributed by atoms with Gasteiger partial charge in [-0.15, -0.1) is 11.8 Å². The SMILES string of the molecule is CCCCCCCCC(CSc1ccccc1Cl)NN. The van der Waals surface area contributed by atoms with Crippen LogP contribution in [0.3, 0.4) is 0 Å². The number of unbranched alkanes of at least 4 members (excludes halogenated alkanes) is 5. The summed E-state index contributed by atoms with van der Waals surface area (Å²) in [5, 5.41) is 0.827. The largest absolute Gasteiger partial charge is 0.271 e.